The molecular weight excluding hydrogens is 380 g/mol. The van der Waals surface area contributed by atoms with Gasteiger partial charge in [-0.15, -0.1) is 0 Å². The quantitative estimate of drug-likeness (QED) is 0.493. The number of rotatable bonds is 8. The van der Waals surface area contributed by atoms with Crippen LogP contribution in [0.2, 0.25) is 0 Å². The Morgan fingerprint density at radius 2 is 1.73 bits per heavy atom. The SMILES string of the molecule is C=CCOc1ccc(/C=C/C(=O)N2CCN(c3ccc(OC)cc3)CC2)cc1OC. The molecule has 0 N–H and O–H groups in total. The van der Waals surface area contributed by atoms with E-state index in [1.807, 2.05) is 47.4 Å². The number of hydrogen-bond donors (Lipinski definition) is 0. The fourth-order valence-corrected chi connectivity index (χ4v) is 3.31. The van der Waals surface area contributed by atoms with Gasteiger partial charge in [-0.1, -0.05) is 18.7 Å². The van der Waals surface area contributed by atoms with E-state index in [1.165, 1.54) is 0 Å². The zero-order valence-electron chi connectivity index (χ0n) is 17.5. The molecule has 1 heterocycles. The highest BCUT2D eigenvalue weighted by molar-refractivity contribution is 5.92. The second-order valence-corrected chi connectivity index (χ2v) is 6.85. The van der Waals surface area contributed by atoms with Crippen molar-refractivity contribution in [3.8, 4) is 17.2 Å². The van der Waals surface area contributed by atoms with Crippen molar-refractivity contribution < 1.29 is 19.0 Å². The van der Waals surface area contributed by atoms with Crippen molar-refractivity contribution in [3.05, 3.63) is 66.8 Å². The van der Waals surface area contributed by atoms with Crippen molar-refractivity contribution in [2.75, 3.05) is 51.9 Å². The summed E-state index contributed by atoms with van der Waals surface area (Å²) >= 11 is 0. The minimum Gasteiger partial charge on any atom is -0.497 e. The van der Waals surface area contributed by atoms with Gasteiger partial charge in [-0.3, -0.25) is 4.79 Å². The lowest BCUT2D eigenvalue weighted by atomic mass is 10.1. The van der Waals surface area contributed by atoms with E-state index in [2.05, 4.69) is 11.5 Å². The van der Waals surface area contributed by atoms with Gasteiger partial charge in [0.05, 0.1) is 14.2 Å². The molecule has 0 aliphatic carbocycles. The van der Waals surface area contributed by atoms with E-state index in [9.17, 15) is 4.79 Å². The normalized spacial score (nSPS) is 13.9. The standard InChI is InChI=1S/C24H28N2O4/c1-4-17-30-22-11-5-19(18-23(22)29-3)6-12-24(27)26-15-13-25(14-16-26)20-7-9-21(28-2)10-8-20/h4-12,18H,1,13-17H2,2-3H3/b12-6+. The summed E-state index contributed by atoms with van der Waals surface area (Å²) in [6.45, 7) is 7.03. The smallest absolute Gasteiger partial charge is 0.246 e. The van der Waals surface area contributed by atoms with Gasteiger partial charge in [0.25, 0.3) is 0 Å². The van der Waals surface area contributed by atoms with Gasteiger partial charge in [0, 0.05) is 37.9 Å². The second kappa shape index (κ2) is 10.4. The third-order valence-corrected chi connectivity index (χ3v) is 4.99. The van der Waals surface area contributed by atoms with Gasteiger partial charge in [-0.05, 0) is 48.0 Å². The van der Waals surface area contributed by atoms with Crippen molar-refractivity contribution in [2.24, 2.45) is 0 Å². The number of hydrogen-bond acceptors (Lipinski definition) is 5. The molecule has 1 fully saturated rings. The number of benzene rings is 2. The van der Waals surface area contributed by atoms with Crippen LogP contribution in [0.1, 0.15) is 5.56 Å². The zero-order valence-corrected chi connectivity index (χ0v) is 17.5. The van der Waals surface area contributed by atoms with E-state index in [-0.39, 0.29) is 5.91 Å². The van der Waals surface area contributed by atoms with E-state index in [0.717, 1.165) is 30.1 Å². The summed E-state index contributed by atoms with van der Waals surface area (Å²) in [6.07, 6.45) is 5.10. The van der Waals surface area contributed by atoms with Crippen LogP contribution in [0.4, 0.5) is 5.69 Å². The molecule has 0 bridgehead atoms. The maximum atomic E-state index is 12.6. The van der Waals surface area contributed by atoms with Crippen molar-refractivity contribution in [1.29, 1.82) is 0 Å². The van der Waals surface area contributed by atoms with Crippen molar-refractivity contribution in [2.45, 2.75) is 0 Å². The van der Waals surface area contributed by atoms with Crippen LogP contribution in [0.3, 0.4) is 0 Å². The fraction of sp³-hybridized carbons (Fsp3) is 0.292. The predicted molar refractivity (Wildman–Crippen MR) is 120 cm³/mol. The fourth-order valence-electron chi connectivity index (χ4n) is 3.31. The molecule has 1 aliphatic heterocycles. The van der Waals surface area contributed by atoms with Crippen molar-refractivity contribution in [3.63, 3.8) is 0 Å². The van der Waals surface area contributed by atoms with E-state index < -0.39 is 0 Å². The van der Waals surface area contributed by atoms with Crippen LogP contribution in [0.15, 0.2) is 61.2 Å². The highest BCUT2D eigenvalue weighted by atomic mass is 16.5. The van der Waals surface area contributed by atoms with Gasteiger partial charge in [-0.2, -0.15) is 0 Å². The first kappa shape index (κ1) is 21.3. The van der Waals surface area contributed by atoms with Crippen LogP contribution in [-0.4, -0.2) is 57.8 Å². The molecule has 0 atom stereocenters. The number of carbonyl (C=O) groups excluding carboxylic acids is 1. The lowest BCUT2D eigenvalue weighted by Crippen LogP contribution is -2.48. The Bertz CT molecular complexity index is 885. The Balaban J connectivity index is 1.56. The average molecular weight is 408 g/mol. The molecule has 1 aliphatic rings. The van der Waals surface area contributed by atoms with Gasteiger partial charge < -0.3 is 24.0 Å². The summed E-state index contributed by atoms with van der Waals surface area (Å²) in [4.78, 5) is 16.7. The molecule has 0 aromatic heterocycles. The minimum absolute atomic E-state index is 0.00957. The molecule has 2 aromatic carbocycles. The molecule has 3 rings (SSSR count). The van der Waals surface area contributed by atoms with Crippen molar-refractivity contribution in [1.82, 2.24) is 4.90 Å². The van der Waals surface area contributed by atoms with Gasteiger partial charge in [0.1, 0.15) is 12.4 Å². The summed E-state index contributed by atoms with van der Waals surface area (Å²) in [6, 6.07) is 13.6. The topological polar surface area (TPSA) is 51.2 Å². The third-order valence-electron chi connectivity index (χ3n) is 4.99. The number of carbonyl (C=O) groups is 1. The molecule has 158 valence electrons. The number of anilines is 1. The van der Waals surface area contributed by atoms with Gasteiger partial charge in [0.15, 0.2) is 11.5 Å². The van der Waals surface area contributed by atoms with Gasteiger partial charge in [0.2, 0.25) is 5.91 Å². The lowest BCUT2D eigenvalue weighted by Gasteiger charge is -2.35. The molecule has 1 saturated heterocycles. The molecule has 0 radical (unpaired) electrons. The Morgan fingerprint density at radius 3 is 2.37 bits per heavy atom. The molecule has 30 heavy (non-hydrogen) atoms. The highest BCUT2D eigenvalue weighted by Gasteiger charge is 2.19. The number of piperazine rings is 1. The first-order chi connectivity index (χ1) is 14.6. The molecule has 0 saturated carbocycles. The maximum Gasteiger partial charge on any atom is 0.246 e. The first-order valence-corrected chi connectivity index (χ1v) is 9.92. The number of ether oxygens (including phenoxy) is 3. The van der Waals surface area contributed by atoms with E-state index >= 15 is 0 Å². The minimum atomic E-state index is 0.00957. The van der Waals surface area contributed by atoms with Crippen LogP contribution < -0.4 is 19.1 Å². The Labute approximate surface area is 178 Å². The first-order valence-electron chi connectivity index (χ1n) is 9.92. The Morgan fingerprint density at radius 1 is 1.00 bits per heavy atom. The Kier molecular flexibility index (Phi) is 7.38. The van der Waals surface area contributed by atoms with Crippen LogP contribution >= 0.6 is 0 Å². The summed E-state index contributed by atoms with van der Waals surface area (Å²) in [7, 11) is 3.26. The largest absolute Gasteiger partial charge is 0.497 e. The number of amides is 1. The number of nitrogens with zero attached hydrogens (tertiary/aromatic N) is 2. The van der Waals surface area contributed by atoms with E-state index in [0.29, 0.717) is 31.2 Å². The number of methoxy groups -OCH3 is 2. The van der Waals surface area contributed by atoms with Crippen LogP contribution in [0, 0.1) is 0 Å². The summed E-state index contributed by atoms with van der Waals surface area (Å²) in [5.41, 5.74) is 2.02. The third kappa shape index (κ3) is 5.35. The molecular formula is C24H28N2O4. The molecule has 6 nitrogen and oxygen atoms in total. The molecule has 2 aromatic rings. The average Bonchev–Trinajstić information content (AvgIpc) is 2.81. The molecule has 1 amide bonds. The predicted octanol–water partition coefficient (Wildman–Crippen LogP) is 3.63. The zero-order chi connectivity index (χ0) is 21.3. The highest BCUT2D eigenvalue weighted by Crippen LogP contribution is 2.28. The molecule has 0 spiro atoms. The van der Waals surface area contributed by atoms with Gasteiger partial charge >= 0.3 is 0 Å². The molecule has 0 unspecified atom stereocenters. The van der Waals surface area contributed by atoms with E-state index in [1.54, 1.807) is 32.4 Å². The maximum absolute atomic E-state index is 12.6. The monoisotopic (exact) mass is 408 g/mol. The summed E-state index contributed by atoms with van der Waals surface area (Å²) < 4.78 is 16.1. The summed E-state index contributed by atoms with van der Waals surface area (Å²) in [5.74, 6) is 2.13. The van der Waals surface area contributed by atoms with Gasteiger partial charge in [-0.25, -0.2) is 0 Å². The second-order valence-electron chi connectivity index (χ2n) is 6.85. The van der Waals surface area contributed by atoms with Crippen LogP contribution in [0.25, 0.3) is 6.08 Å². The van der Waals surface area contributed by atoms with Crippen molar-refractivity contribution >= 4 is 17.7 Å². The summed E-state index contributed by atoms with van der Waals surface area (Å²) in [5, 5.41) is 0. The Hall–Kier alpha value is -3.41. The van der Waals surface area contributed by atoms with Crippen LogP contribution in [0.5, 0.6) is 17.2 Å². The van der Waals surface area contributed by atoms with Crippen LogP contribution in [-0.2, 0) is 4.79 Å². The molecule has 6 heteroatoms. The van der Waals surface area contributed by atoms with E-state index in [4.69, 9.17) is 14.2 Å². The lowest BCUT2D eigenvalue weighted by molar-refractivity contribution is -0.126.